The van der Waals surface area contributed by atoms with Crippen LogP contribution in [0, 0.1) is 5.82 Å². The number of hydrogen-bond acceptors (Lipinski definition) is 3. The van der Waals surface area contributed by atoms with Crippen LogP contribution in [0.15, 0.2) is 35.5 Å². The number of halogens is 1. The highest BCUT2D eigenvalue weighted by molar-refractivity contribution is 5.95. The van der Waals surface area contributed by atoms with Crippen molar-refractivity contribution in [3.8, 4) is 0 Å². The average Bonchev–Trinajstić information content (AvgIpc) is 2.51. The van der Waals surface area contributed by atoms with Crippen LogP contribution in [-0.4, -0.2) is 18.6 Å². The number of ether oxygens (including phenoxy) is 1. The molecule has 2 N–H and O–H groups in total. The molecule has 0 spiro atoms. The number of hydrogen-bond donors (Lipinski definition) is 2. The van der Waals surface area contributed by atoms with Crippen LogP contribution in [-0.2, 0) is 9.53 Å². The molecule has 1 aromatic carbocycles. The second kappa shape index (κ2) is 7.76. The fraction of sp³-hybridized carbons (Fsp3) is 0.412. The Morgan fingerprint density at radius 3 is 2.61 bits per heavy atom. The third-order valence-electron chi connectivity index (χ3n) is 3.67. The Balaban J connectivity index is 2.20. The van der Waals surface area contributed by atoms with Crippen LogP contribution in [0.3, 0.4) is 0 Å². The zero-order valence-electron chi connectivity index (χ0n) is 13.3. The maximum Gasteiger partial charge on any atom is 0.338 e. The van der Waals surface area contributed by atoms with Crippen LogP contribution in [0.4, 0.5) is 9.18 Å². The molecule has 0 saturated heterocycles. The maximum absolute atomic E-state index is 13.1. The molecule has 0 fully saturated rings. The first-order chi connectivity index (χ1) is 11.0. The highest BCUT2D eigenvalue weighted by Gasteiger charge is 2.32. The van der Waals surface area contributed by atoms with Gasteiger partial charge in [0.2, 0.25) is 0 Å². The van der Waals surface area contributed by atoms with Crippen molar-refractivity contribution in [3.63, 3.8) is 0 Å². The van der Waals surface area contributed by atoms with Gasteiger partial charge in [-0.1, -0.05) is 31.9 Å². The number of nitrogens with one attached hydrogen (secondary N) is 2. The Morgan fingerprint density at radius 1 is 1.26 bits per heavy atom. The molecule has 0 aromatic heterocycles. The molecule has 1 aliphatic heterocycles. The van der Waals surface area contributed by atoms with Gasteiger partial charge in [-0.2, -0.15) is 0 Å². The van der Waals surface area contributed by atoms with E-state index in [4.69, 9.17) is 4.74 Å². The topological polar surface area (TPSA) is 67.4 Å². The molecule has 124 valence electrons. The number of allylic oxidation sites excluding steroid dienone is 1. The summed E-state index contributed by atoms with van der Waals surface area (Å²) < 4.78 is 18.4. The van der Waals surface area contributed by atoms with E-state index in [0.717, 1.165) is 19.3 Å². The van der Waals surface area contributed by atoms with Gasteiger partial charge >= 0.3 is 12.0 Å². The van der Waals surface area contributed by atoms with Gasteiger partial charge in [0, 0.05) is 5.70 Å². The number of benzene rings is 1. The van der Waals surface area contributed by atoms with Crippen molar-refractivity contribution in [3.05, 3.63) is 46.9 Å². The molecule has 0 bridgehead atoms. The van der Waals surface area contributed by atoms with Crippen molar-refractivity contribution < 1.29 is 18.7 Å². The Kier molecular flexibility index (Phi) is 5.73. The number of carbonyl (C=O) groups is 2. The quantitative estimate of drug-likeness (QED) is 0.625. The zero-order valence-corrected chi connectivity index (χ0v) is 13.3. The highest BCUT2D eigenvalue weighted by Crippen LogP contribution is 2.27. The van der Waals surface area contributed by atoms with E-state index in [1.54, 1.807) is 19.1 Å². The third-order valence-corrected chi connectivity index (χ3v) is 3.67. The molecule has 23 heavy (non-hydrogen) atoms. The summed E-state index contributed by atoms with van der Waals surface area (Å²) in [6.07, 6.45) is 2.83. The number of rotatable bonds is 6. The molecular weight excluding hydrogens is 299 g/mol. The van der Waals surface area contributed by atoms with E-state index in [9.17, 15) is 14.0 Å². The molecule has 0 radical (unpaired) electrons. The molecule has 2 amide bonds. The lowest BCUT2D eigenvalue weighted by molar-refractivity contribution is -0.139. The van der Waals surface area contributed by atoms with Crippen molar-refractivity contribution in [1.29, 1.82) is 0 Å². The molecule has 1 aromatic rings. The standard InChI is InChI=1S/C17H21FN2O3/c1-3-4-5-10-23-16(21)14-11(2)19-17(22)20-15(14)12-6-8-13(18)9-7-12/h6-9,15H,3-5,10H2,1-2H3,(H2,19,20,22)/t15-/m1/s1. The molecular formula is C17H21FN2O3. The lowest BCUT2D eigenvalue weighted by atomic mass is 9.95. The zero-order chi connectivity index (χ0) is 16.8. The molecule has 2 rings (SSSR count). The van der Waals surface area contributed by atoms with E-state index in [1.807, 2.05) is 0 Å². The highest BCUT2D eigenvalue weighted by atomic mass is 19.1. The fourth-order valence-corrected chi connectivity index (χ4v) is 2.46. The Bertz CT molecular complexity index is 611. The number of esters is 1. The molecule has 1 heterocycles. The normalized spacial score (nSPS) is 17.5. The number of carbonyl (C=O) groups excluding carboxylic acids is 2. The largest absolute Gasteiger partial charge is 0.462 e. The van der Waals surface area contributed by atoms with Gasteiger partial charge in [-0.25, -0.2) is 14.0 Å². The first-order valence-electron chi connectivity index (χ1n) is 7.73. The van der Waals surface area contributed by atoms with E-state index in [-0.39, 0.29) is 5.82 Å². The van der Waals surface area contributed by atoms with Gasteiger partial charge in [-0.05, 0) is 31.0 Å². The molecule has 0 aliphatic carbocycles. The first kappa shape index (κ1) is 17.0. The summed E-state index contributed by atoms with van der Waals surface area (Å²) in [7, 11) is 0. The van der Waals surface area contributed by atoms with E-state index in [2.05, 4.69) is 17.6 Å². The minimum Gasteiger partial charge on any atom is -0.462 e. The number of unbranched alkanes of at least 4 members (excludes halogenated alkanes) is 2. The van der Waals surface area contributed by atoms with Crippen molar-refractivity contribution >= 4 is 12.0 Å². The lowest BCUT2D eigenvalue weighted by Crippen LogP contribution is -2.45. The van der Waals surface area contributed by atoms with Gasteiger partial charge in [0.05, 0.1) is 18.2 Å². The van der Waals surface area contributed by atoms with Gasteiger partial charge < -0.3 is 15.4 Å². The summed E-state index contributed by atoms with van der Waals surface area (Å²) >= 11 is 0. The van der Waals surface area contributed by atoms with Crippen LogP contribution in [0.5, 0.6) is 0 Å². The van der Waals surface area contributed by atoms with Crippen LogP contribution in [0.2, 0.25) is 0 Å². The summed E-state index contributed by atoms with van der Waals surface area (Å²) in [5, 5.41) is 5.26. The molecule has 1 atom stereocenters. The summed E-state index contributed by atoms with van der Waals surface area (Å²) in [5.74, 6) is -0.848. The Labute approximate surface area is 134 Å². The van der Waals surface area contributed by atoms with Gasteiger partial charge in [0.1, 0.15) is 5.82 Å². The van der Waals surface area contributed by atoms with Crippen LogP contribution in [0.25, 0.3) is 0 Å². The van der Waals surface area contributed by atoms with Crippen LogP contribution >= 0.6 is 0 Å². The monoisotopic (exact) mass is 320 g/mol. The second-order valence-corrected chi connectivity index (χ2v) is 5.46. The first-order valence-corrected chi connectivity index (χ1v) is 7.73. The third kappa shape index (κ3) is 4.31. The Hall–Kier alpha value is -2.37. The number of amides is 2. The smallest absolute Gasteiger partial charge is 0.338 e. The van der Waals surface area contributed by atoms with E-state index in [0.29, 0.717) is 23.4 Å². The predicted octanol–water partition coefficient (Wildman–Crippen LogP) is 3.19. The summed E-state index contributed by atoms with van der Waals surface area (Å²) in [6, 6.07) is 4.63. The minimum absolute atomic E-state index is 0.340. The fourth-order valence-electron chi connectivity index (χ4n) is 2.46. The van der Waals surface area contributed by atoms with Gasteiger partial charge in [0.15, 0.2) is 0 Å². The molecule has 5 nitrogen and oxygen atoms in total. The maximum atomic E-state index is 13.1. The summed E-state index contributed by atoms with van der Waals surface area (Å²) in [5.41, 5.74) is 1.41. The lowest BCUT2D eigenvalue weighted by Gasteiger charge is -2.28. The van der Waals surface area contributed by atoms with Crippen molar-refractivity contribution in [1.82, 2.24) is 10.6 Å². The summed E-state index contributed by atoms with van der Waals surface area (Å²) in [4.78, 5) is 24.1. The average molecular weight is 320 g/mol. The molecule has 6 heteroatoms. The Morgan fingerprint density at radius 2 is 1.96 bits per heavy atom. The SMILES string of the molecule is CCCCCOC(=O)C1=C(C)NC(=O)N[C@@H]1c1ccc(F)cc1. The van der Waals surface area contributed by atoms with Crippen molar-refractivity contribution in [2.75, 3.05) is 6.61 Å². The minimum atomic E-state index is -0.650. The summed E-state index contributed by atoms with van der Waals surface area (Å²) in [6.45, 7) is 4.06. The predicted molar refractivity (Wildman–Crippen MR) is 84.0 cm³/mol. The van der Waals surface area contributed by atoms with Crippen LogP contribution in [0.1, 0.15) is 44.7 Å². The van der Waals surface area contributed by atoms with Crippen LogP contribution < -0.4 is 10.6 Å². The second-order valence-electron chi connectivity index (χ2n) is 5.46. The van der Waals surface area contributed by atoms with E-state index in [1.165, 1.54) is 12.1 Å². The molecule has 0 unspecified atom stereocenters. The van der Waals surface area contributed by atoms with E-state index < -0.39 is 18.0 Å². The molecule has 1 aliphatic rings. The van der Waals surface area contributed by atoms with E-state index >= 15 is 0 Å². The molecule has 0 saturated carbocycles. The number of urea groups is 1. The van der Waals surface area contributed by atoms with Gasteiger partial charge in [-0.15, -0.1) is 0 Å². The van der Waals surface area contributed by atoms with Crippen molar-refractivity contribution in [2.45, 2.75) is 39.2 Å². The van der Waals surface area contributed by atoms with Gasteiger partial charge in [-0.3, -0.25) is 0 Å². The van der Waals surface area contributed by atoms with Gasteiger partial charge in [0.25, 0.3) is 0 Å². The van der Waals surface area contributed by atoms with Crippen molar-refractivity contribution in [2.24, 2.45) is 0 Å².